The van der Waals surface area contributed by atoms with Crippen LogP contribution in [-0.2, 0) is 4.79 Å². The van der Waals surface area contributed by atoms with Gasteiger partial charge in [0, 0.05) is 32.6 Å². The highest BCUT2D eigenvalue weighted by molar-refractivity contribution is 5.85. The van der Waals surface area contributed by atoms with Gasteiger partial charge in [-0.25, -0.2) is 0 Å². The van der Waals surface area contributed by atoms with Crippen LogP contribution < -0.4 is 5.32 Å². The summed E-state index contributed by atoms with van der Waals surface area (Å²) < 4.78 is 0. The first-order valence-electron chi connectivity index (χ1n) is 9.21. The molecule has 2 saturated heterocycles. The summed E-state index contributed by atoms with van der Waals surface area (Å²) in [5, 5.41) is 3.41. The number of likely N-dealkylation sites (tertiary alicyclic amines) is 1. The molecule has 3 unspecified atom stereocenters. The Morgan fingerprint density at radius 1 is 1.25 bits per heavy atom. The van der Waals surface area contributed by atoms with Crippen molar-refractivity contribution in [3.05, 3.63) is 0 Å². The average molecular weight is 382 g/mol. The molecule has 4 nitrogen and oxygen atoms in total. The Kier molecular flexibility index (Phi) is 11.5. The SMILES string of the molecule is CCN1CCC(N(C)C(=O)CC(C)C2CCNCC2)C(C)C1.Cl.Cl. The van der Waals surface area contributed by atoms with Crippen molar-refractivity contribution in [1.29, 1.82) is 0 Å². The molecular formula is C18H37Cl2N3O. The topological polar surface area (TPSA) is 35.6 Å². The smallest absolute Gasteiger partial charge is 0.222 e. The summed E-state index contributed by atoms with van der Waals surface area (Å²) in [6, 6.07) is 0.426. The summed E-state index contributed by atoms with van der Waals surface area (Å²) in [5.74, 6) is 2.17. The summed E-state index contributed by atoms with van der Waals surface area (Å²) >= 11 is 0. The summed E-state index contributed by atoms with van der Waals surface area (Å²) in [5.41, 5.74) is 0. The van der Waals surface area contributed by atoms with E-state index in [0.717, 1.165) is 51.5 Å². The molecule has 0 saturated carbocycles. The van der Waals surface area contributed by atoms with E-state index in [1.165, 1.54) is 12.8 Å². The van der Waals surface area contributed by atoms with E-state index in [-0.39, 0.29) is 24.8 Å². The molecule has 1 N–H and O–H groups in total. The van der Waals surface area contributed by atoms with E-state index in [0.29, 0.717) is 23.8 Å². The molecule has 0 bridgehead atoms. The fourth-order valence-electron chi connectivity index (χ4n) is 4.27. The average Bonchev–Trinajstić information content (AvgIpc) is 2.54. The van der Waals surface area contributed by atoms with E-state index >= 15 is 0 Å². The highest BCUT2D eigenvalue weighted by Gasteiger charge is 2.31. The van der Waals surface area contributed by atoms with Crippen molar-refractivity contribution in [2.45, 2.75) is 52.5 Å². The van der Waals surface area contributed by atoms with Crippen molar-refractivity contribution >= 4 is 30.7 Å². The van der Waals surface area contributed by atoms with Crippen LogP contribution in [0.4, 0.5) is 0 Å². The van der Waals surface area contributed by atoms with Crippen LogP contribution in [0, 0.1) is 17.8 Å². The number of carbonyl (C=O) groups excluding carboxylic acids is 1. The van der Waals surface area contributed by atoms with Crippen molar-refractivity contribution in [3.63, 3.8) is 0 Å². The Morgan fingerprint density at radius 3 is 2.42 bits per heavy atom. The van der Waals surface area contributed by atoms with Crippen LogP contribution in [0.1, 0.15) is 46.5 Å². The lowest BCUT2D eigenvalue weighted by Gasteiger charge is -2.41. The Balaban J connectivity index is 0.00000264. The molecule has 0 aromatic rings. The van der Waals surface area contributed by atoms with E-state index in [4.69, 9.17) is 0 Å². The minimum absolute atomic E-state index is 0. The number of piperidine rings is 2. The zero-order chi connectivity index (χ0) is 16.1. The first-order chi connectivity index (χ1) is 10.5. The first-order valence-corrected chi connectivity index (χ1v) is 9.21. The quantitative estimate of drug-likeness (QED) is 0.794. The van der Waals surface area contributed by atoms with E-state index in [2.05, 4.69) is 35.9 Å². The predicted octanol–water partition coefficient (Wildman–Crippen LogP) is 3.04. The number of hydrogen-bond donors (Lipinski definition) is 1. The zero-order valence-electron chi connectivity index (χ0n) is 15.8. The lowest BCUT2D eigenvalue weighted by molar-refractivity contribution is -0.135. The van der Waals surface area contributed by atoms with Gasteiger partial charge in [-0.1, -0.05) is 20.8 Å². The zero-order valence-corrected chi connectivity index (χ0v) is 17.4. The molecule has 2 aliphatic rings. The number of carbonyl (C=O) groups is 1. The molecule has 0 spiro atoms. The number of rotatable bonds is 5. The molecule has 2 rings (SSSR count). The molecule has 0 aromatic heterocycles. The molecular weight excluding hydrogens is 345 g/mol. The third kappa shape index (κ3) is 6.36. The van der Waals surface area contributed by atoms with Gasteiger partial charge in [-0.3, -0.25) is 4.79 Å². The predicted molar refractivity (Wildman–Crippen MR) is 106 cm³/mol. The molecule has 0 aromatic carbocycles. The summed E-state index contributed by atoms with van der Waals surface area (Å²) in [4.78, 5) is 17.3. The van der Waals surface area contributed by atoms with E-state index in [1.807, 2.05) is 7.05 Å². The van der Waals surface area contributed by atoms with Gasteiger partial charge in [0.2, 0.25) is 5.91 Å². The largest absolute Gasteiger partial charge is 0.342 e. The van der Waals surface area contributed by atoms with Crippen molar-refractivity contribution in [3.8, 4) is 0 Å². The number of nitrogens with zero attached hydrogens (tertiary/aromatic N) is 2. The van der Waals surface area contributed by atoms with Crippen LogP contribution in [0.3, 0.4) is 0 Å². The van der Waals surface area contributed by atoms with Gasteiger partial charge in [-0.05, 0) is 56.7 Å². The molecule has 24 heavy (non-hydrogen) atoms. The Bertz CT molecular complexity index is 364. The fraction of sp³-hybridized carbons (Fsp3) is 0.944. The van der Waals surface area contributed by atoms with Crippen LogP contribution in [-0.4, -0.2) is 61.5 Å². The van der Waals surface area contributed by atoms with Crippen LogP contribution in [0.2, 0.25) is 0 Å². The van der Waals surface area contributed by atoms with Crippen molar-refractivity contribution in [1.82, 2.24) is 15.1 Å². The van der Waals surface area contributed by atoms with Crippen LogP contribution in [0.15, 0.2) is 0 Å². The van der Waals surface area contributed by atoms with Crippen LogP contribution in [0.5, 0.6) is 0 Å². The summed E-state index contributed by atoms with van der Waals surface area (Å²) in [6.45, 7) is 12.4. The van der Waals surface area contributed by atoms with Gasteiger partial charge in [0.15, 0.2) is 0 Å². The third-order valence-corrected chi connectivity index (χ3v) is 5.97. The molecule has 0 radical (unpaired) electrons. The summed E-state index contributed by atoms with van der Waals surface area (Å²) in [6.07, 6.45) is 4.30. The highest BCUT2D eigenvalue weighted by atomic mass is 35.5. The second kappa shape index (κ2) is 11.6. The van der Waals surface area contributed by atoms with Crippen molar-refractivity contribution in [2.75, 3.05) is 39.8 Å². The fourth-order valence-corrected chi connectivity index (χ4v) is 4.27. The van der Waals surface area contributed by atoms with Crippen LogP contribution >= 0.6 is 24.8 Å². The highest BCUT2D eigenvalue weighted by Crippen LogP contribution is 2.27. The maximum atomic E-state index is 12.7. The monoisotopic (exact) mass is 381 g/mol. The second-order valence-corrected chi connectivity index (χ2v) is 7.50. The van der Waals surface area contributed by atoms with Gasteiger partial charge in [0.25, 0.3) is 0 Å². The number of nitrogens with one attached hydrogen (secondary N) is 1. The Labute approximate surface area is 160 Å². The summed E-state index contributed by atoms with van der Waals surface area (Å²) in [7, 11) is 2.03. The van der Waals surface area contributed by atoms with Gasteiger partial charge in [0.05, 0.1) is 0 Å². The molecule has 0 aliphatic carbocycles. The second-order valence-electron chi connectivity index (χ2n) is 7.50. The van der Waals surface area contributed by atoms with Gasteiger partial charge in [-0.2, -0.15) is 0 Å². The lowest BCUT2D eigenvalue weighted by atomic mass is 9.83. The molecule has 2 heterocycles. The van der Waals surface area contributed by atoms with Crippen molar-refractivity contribution < 1.29 is 4.79 Å². The minimum Gasteiger partial charge on any atom is -0.342 e. The molecule has 1 amide bonds. The number of hydrogen-bond acceptors (Lipinski definition) is 3. The van der Waals surface area contributed by atoms with E-state index in [9.17, 15) is 4.79 Å². The lowest BCUT2D eigenvalue weighted by Crippen LogP contribution is -2.50. The Morgan fingerprint density at radius 2 is 1.88 bits per heavy atom. The number of halogens is 2. The van der Waals surface area contributed by atoms with Gasteiger partial charge >= 0.3 is 0 Å². The van der Waals surface area contributed by atoms with Gasteiger partial charge in [0.1, 0.15) is 0 Å². The third-order valence-electron chi connectivity index (χ3n) is 5.97. The molecule has 3 atom stereocenters. The normalized spacial score (nSPS) is 26.8. The molecule has 144 valence electrons. The van der Waals surface area contributed by atoms with E-state index < -0.39 is 0 Å². The maximum Gasteiger partial charge on any atom is 0.222 e. The minimum atomic E-state index is 0. The van der Waals surface area contributed by atoms with E-state index in [1.54, 1.807) is 0 Å². The van der Waals surface area contributed by atoms with Gasteiger partial charge < -0.3 is 15.1 Å². The first kappa shape index (κ1) is 24.0. The Hall–Kier alpha value is -0.0300. The molecule has 2 fully saturated rings. The maximum absolute atomic E-state index is 12.7. The molecule has 2 aliphatic heterocycles. The number of amides is 1. The van der Waals surface area contributed by atoms with Gasteiger partial charge in [-0.15, -0.1) is 24.8 Å². The standard InChI is InChI=1S/C18H35N3O.2ClH/c1-5-21-11-8-17(15(3)13-21)20(4)18(22)12-14(2)16-6-9-19-10-7-16;;/h14-17,19H,5-13H2,1-4H3;2*1H. The molecule has 6 heteroatoms. The van der Waals surface area contributed by atoms with Crippen LogP contribution in [0.25, 0.3) is 0 Å². The van der Waals surface area contributed by atoms with Crippen molar-refractivity contribution in [2.24, 2.45) is 17.8 Å².